The number of likely N-dealkylation sites (tertiary alicyclic amines) is 1. The van der Waals surface area contributed by atoms with Crippen LogP contribution >= 0.6 is 0 Å². The Bertz CT molecular complexity index is 301. The summed E-state index contributed by atoms with van der Waals surface area (Å²) < 4.78 is 0. The van der Waals surface area contributed by atoms with Crippen molar-refractivity contribution >= 4 is 6.03 Å². The van der Waals surface area contributed by atoms with Crippen LogP contribution in [0.15, 0.2) is 0 Å². The van der Waals surface area contributed by atoms with E-state index in [-0.39, 0.29) is 6.03 Å². The molecule has 0 aromatic carbocycles. The molecular formula is C14H25N3O. The number of amides is 2. The van der Waals surface area contributed by atoms with Gasteiger partial charge in [0.25, 0.3) is 0 Å². The van der Waals surface area contributed by atoms with E-state index in [2.05, 4.69) is 10.2 Å². The third kappa shape index (κ3) is 2.63. The molecule has 102 valence electrons. The Balaban J connectivity index is 1.48. The topological polar surface area (TPSA) is 35.6 Å². The van der Waals surface area contributed by atoms with E-state index in [4.69, 9.17) is 0 Å². The van der Waals surface area contributed by atoms with Crippen LogP contribution in [0.25, 0.3) is 0 Å². The Labute approximate surface area is 110 Å². The third-order valence-electron chi connectivity index (χ3n) is 4.79. The third-order valence-corrected chi connectivity index (χ3v) is 4.79. The normalized spacial score (nSPS) is 33.2. The first-order chi connectivity index (χ1) is 8.83. The molecule has 3 saturated heterocycles. The summed E-state index contributed by atoms with van der Waals surface area (Å²) >= 11 is 0. The average molecular weight is 251 g/mol. The molecule has 18 heavy (non-hydrogen) atoms. The maximum Gasteiger partial charge on any atom is 0.317 e. The predicted octanol–water partition coefficient (Wildman–Crippen LogP) is 1.81. The molecule has 0 aliphatic carbocycles. The fraction of sp³-hybridized carbons (Fsp3) is 0.929. The summed E-state index contributed by atoms with van der Waals surface area (Å²) in [5.41, 5.74) is 0. The molecule has 2 atom stereocenters. The van der Waals surface area contributed by atoms with Gasteiger partial charge in [-0.1, -0.05) is 0 Å². The van der Waals surface area contributed by atoms with Crippen LogP contribution in [0.5, 0.6) is 0 Å². The SMILES string of the molecule is O=C(NC1CCN2CCCC2C1)N1CCCCC1. The van der Waals surface area contributed by atoms with Gasteiger partial charge in [-0.2, -0.15) is 0 Å². The summed E-state index contributed by atoms with van der Waals surface area (Å²) in [6, 6.07) is 1.34. The van der Waals surface area contributed by atoms with Gasteiger partial charge in [-0.15, -0.1) is 0 Å². The maximum absolute atomic E-state index is 12.2. The van der Waals surface area contributed by atoms with E-state index in [1.54, 1.807) is 0 Å². The fourth-order valence-corrected chi connectivity index (χ4v) is 3.72. The van der Waals surface area contributed by atoms with Gasteiger partial charge in [0.2, 0.25) is 0 Å². The lowest BCUT2D eigenvalue weighted by atomic mass is 9.98. The molecular weight excluding hydrogens is 226 g/mol. The van der Waals surface area contributed by atoms with Crippen molar-refractivity contribution in [1.29, 1.82) is 0 Å². The summed E-state index contributed by atoms with van der Waals surface area (Å²) in [4.78, 5) is 16.8. The smallest absolute Gasteiger partial charge is 0.317 e. The first-order valence-corrected chi connectivity index (χ1v) is 7.62. The van der Waals surface area contributed by atoms with E-state index >= 15 is 0 Å². The molecule has 3 fully saturated rings. The van der Waals surface area contributed by atoms with Crippen molar-refractivity contribution in [2.24, 2.45) is 0 Å². The number of nitrogens with one attached hydrogen (secondary N) is 1. The van der Waals surface area contributed by atoms with Crippen LogP contribution < -0.4 is 5.32 Å². The van der Waals surface area contributed by atoms with Crippen LogP contribution in [0.2, 0.25) is 0 Å². The molecule has 2 unspecified atom stereocenters. The highest BCUT2D eigenvalue weighted by atomic mass is 16.2. The van der Waals surface area contributed by atoms with Gasteiger partial charge in [0.15, 0.2) is 0 Å². The molecule has 0 spiro atoms. The average Bonchev–Trinajstić information content (AvgIpc) is 2.87. The number of carbonyl (C=O) groups is 1. The number of fused-ring (bicyclic) bond motifs is 1. The highest BCUT2D eigenvalue weighted by Gasteiger charge is 2.32. The molecule has 3 rings (SSSR count). The number of urea groups is 1. The van der Waals surface area contributed by atoms with Gasteiger partial charge in [-0.05, 0) is 51.5 Å². The van der Waals surface area contributed by atoms with Gasteiger partial charge in [0, 0.05) is 31.7 Å². The van der Waals surface area contributed by atoms with Crippen molar-refractivity contribution in [3.8, 4) is 0 Å². The highest BCUT2D eigenvalue weighted by Crippen LogP contribution is 2.26. The number of piperidine rings is 2. The summed E-state index contributed by atoms with van der Waals surface area (Å²) in [6.07, 6.45) is 8.61. The number of rotatable bonds is 1. The predicted molar refractivity (Wildman–Crippen MR) is 71.6 cm³/mol. The molecule has 0 saturated carbocycles. The Morgan fingerprint density at radius 1 is 0.944 bits per heavy atom. The summed E-state index contributed by atoms with van der Waals surface area (Å²) in [6.45, 7) is 4.36. The van der Waals surface area contributed by atoms with Crippen molar-refractivity contribution in [3.63, 3.8) is 0 Å². The van der Waals surface area contributed by atoms with E-state index < -0.39 is 0 Å². The van der Waals surface area contributed by atoms with E-state index in [9.17, 15) is 4.79 Å². The molecule has 2 amide bonds. The zero-order valence-corrected chi connectivity index (χ0v) is 11.2. The molecule has 4 heteroatoms. The van der Waals surface area contributed by atoms with Crippen molar-refractivity contribution < 1.29 is 4.79 Å². The molecule has 3 aliphatic rings. The lowest BCUT2D eigenvalue weighted by Gasteiger charge is -2.36. The second kappa shape index (κ2) is 5.47. The number of nitrogens with zero attached hydrogens (tertiary/aromatic N) is 2. The number of carbonyl (C=O) groups excluding carboxylic acids is 1. The minimum atomic E-state index is 0.186. The first kappa shape index (κ1) is 12.3. The first-order valence-electron chi connectivity index (χ1n) is 7.62. The fourth-order valence-electron chi connectivity index (χ4n) is 3.72. The van der Waals surface area contributed by atoms with Crippen LogP contribution in [-0.2, 0) is 0 Å². The maximum atomic E-state index is 12.2. The van der Waals surface area contributed by atoms with Crippen molar-refractivity contribution in [2.45, 2.75) is 57.0 Å². The van der Waals surface area contributed by atoms with E-state index in [0.717, 1.165) is 25.6 Å². The van der Waals surface area contributed by atoms with Crippen molar-refractivity contribution in [1.82, 2.24) is 15.1 Å². The molecule has 1 N–H and O–H groups in total. The van der Waals surface area contributed by atoms with Crippen LogP contribution in [-0.4, -0.2) is 54.1 Å². The Morgan fingerprint density at radius 3 is 2.61 bits per heavy atom. The second-order valence-electron chi connectivity index (χ2n) is 6.05. The Hall–Kier alpha value is -0.770. The summed E-state index contributed by atoms with van der Waals surface area (Å²) in [5, 5.41) is 3.26. The second-order valence-corrected chi connectivity index (χ2v) is 6.05. The minimum Gasteiger partial charge on any atom is -0.335 e. The van der Waals surface area contributed by atoms with Gasteiger partial charge in [-0.3, -0.25) is 0 Å². The highest BCUT2D eigenvalue weighted by molar-refractivity contribution is 5.74. The Morgan fingerprint density at radius 2 is 1.78 bits per heavy atom. The van der Waals surface area contributed by atoms with Crippen LogP contribution in [0.3, 0.4) is 0 Å². The Kier molecular flexibility index (Phi) is 3.73. The monoisotopic (exact) mass is 251 g/mol. The van der Waals surface area contributed by atoms with Crippen molar-refractivity contribution in [2.75, 3.05) is 26.2 Å². The van der Waals surface area contributed by atoms with Crippen LogP contribution in [0.1, 0.15) is 44.9 Å². The van der Waals surface area contributed by atoms with Gasteiger partial charge < -0.3 is 15.1 Å². The molecule has 3 heterocycles. The van der Waals surface area contributed by atoms with E-state index in [0.29, 0.717) is 6.04 Å². The van der Waals surface area contributed by atoms with Crippen LogP contribution in [0, 0.1) is 0 Å². The quantitative estimate of drug-likeness (QED) is 0.771. The molecule has 4 nitrogen and oxygen atoms in total. The largest absolute Gasteiger partial charge is 0.335 e. The molecule has 3 aliphatic heterocycles. The van der Waals surface area contributed by atoms with Gasteiger partial charge in [-0.25, -0.2) is 4.79 Å². The standard InChI is InChI=1S/C14H25N3O/c18-14(17-7-2-1-3-8-17)15-12-6-10-16-9-4-5-13(16)11-12/h12-13H,1-11H2,(H,15,18). The lowest BCUT2D eigenvalue weighted by molar-refractivity contribution is 0.150. The minimum absolute atomic E-state index is 0.186. The van der Waals surface area contributed by atoms with Crippen LogP contribution in [0.4, 0.5) is 4.79 Å². The van der Waals surface area contributed by atoms with Gasteiger partial charge >= 0.3 is 6.03 Å². The molecule has 0 bridgehead atoms. The molecule has 0 aromatic rings. The zero-order valence-electron chi connectivity index (χ0n) is 11.2. The van der Waals surface area contributed by atoms with E-state index in [1.165, 1.54) is 51.6 Å². The van der Waals surface area contributed by atoms with Gasteiger partial charge in [0.05, 0.1) is 0 Å². The van der Waals surface area contributed by atoms with E-state index in [1.807, 2.05) is 4.90 Å². The molecule has 0 radical (unpaired) electrons. The van der Waals surface area contributed by atoms with Gasteiger partial charge in [0.1, 0.15) is 0 Å². The summed E-state index contributed by atoms with van der Waals surface area (Å²) in [5.74, 6) is 0. The zero-order chi connectivity index (χ0) is 12.4. The van der Waals surface area contributed by atoms with Crippen molar-refractivity contribution in [3.05, 3.63) is 0 Å². The number of hydrogen-bond donors (Lipinski definition) is 1. The number of hydrogen-bond acceptors (Lipinski definition) is 2. The summed E-state index contributed by atoms with van der Waals surface area (Å²) in [7, 11) is 0. The molecule has 0 aromatic heterocycles. The lowest BCUT2D eigenvalue weighted by Crippen LogP contribution is -2.51.